The zero-order valence-corrected chi connectivity index (χ0v) is 12.5. The normalized spacial score (nSPS) is 19.9. The fourth-order valence-electron chi connectivity index (χ4n) is 3.17. The molecule has 0 bridgehead atoms. The van der Waals surface area contributed by atoms with Crippen molar-refractivity contribution in [2.45, 2.75) is 58.0 Å². The third-order valence-corrected chi connectivity index (χ3v) is 4.46. The maximum atomic E-state index is 5.30. The summed E-state index contributed by atoms with van der Waals surface area (Å²) in [5, 5.41) is 3.76. The molecule has 2 rings (SSSR count). The molecule has 1 aromatic rings. The molecule has 1 aliphatic rings. The monoisotopic (exact) mass is 261 g/mol. The molecule has 1 N–H and O–H groups in total. The molecule has 1 fully saturated rings. The molecule has 0 saturated heterocycles. The Balaban J connectivity index is 1.93. The van der Waals surface area contributed by atoms with E-state index in [9.17, 15) is 0 Å². The summed E-state index contributed by atoms with van der Waals surface area (Å²) in [4.78, 5) is 0. The summed E-state index contributed by atoms with van der Waals surface area (Å²) >= 11 is 0. The smallest absolute Gasteiger partial charge is 0.119 e. The number of ether oxygens (including phenoxy) is 1. The van der Waals surface area contributed by atoms with E-state index in [1.54, 1.807) is 7.11 Å². The molecule has 2 nitrogen and oxygen atoms in total. The lowest BCUT2D eigenvalue weighted by Crippen LogP contribution is -2.36. The number of nitrogens with one attached hydrogen (secondary N) is 1. The molecule has 0 aromatic heterocycles. The molecule has 0 aliphatic heterocycles. The highest BCUT2D eigenvalue weighted by Gasteiger charge is 2.21. The first-order valence-corrected chi connectivity index (χ1v) is 7.60. The zero-order chi connectivity index (χ0) is 13.7. The van der Waals surface area contributed by atoms with Gasteiger partial charge in [-0.25, -0.2) is 0 Å². The first-order chi connectivity index (χ1) is 9.20. The van der Waals surface area contributed by atoms with Crippen molar-refractivity contribution in [2.75, 3.05) is 7.11 Å². The summed E-state index contributed by atoms with van der Waals surface area (Å²) in [6.45, 7) is 4.58. The van der Waals surface area contributed by atoms with Gasteiger partial charge in [0.2, 0.25) is 0 Å². The van der Waals surface area contributed by atoms with Crippen molar-refractivity contribution in [3.8, 4) is 5.75 Å². The van der Waals surface area contributed by atoms with Gasteiger partial charge in [-0.1, -0.05) is 31.4 Å². The summed E-state index contributed by atoms with van der Waals surface area (Å²) in [5.74, 6) is 1.79. The molecule has 1 aromatic carbocycles. The average Bonchev–Trinajstić information content (AvgIpc) is 2.48. The molecule has 2 heteroatoms. The molecule has 2 atom stereocenters. The van der Waals surface area contributed by atoms with Crippen molar-refractivity contribution in [2.24, 2.45) is 5.92 Å². The SMILES string of the molecule is COc1cccc([C@@H](C)NC(C)C2CCCCC2)c1. The molecular weight excluding hydrogens is 234 g/mol. The van der Waals surface area contributed by atoms with Crippen molar-refractivity contribution >= 4 is 0 Å². The van der Waals surface area contributed by atoms with E-state index in [4.69, 9.17) is 4.74 Å². The van der Waals surface area contributed by atoms with E-state index < -0.39 is 0 Å². The minimum Gasteiger partial charge on any atom is -0.497 e. The van der Waals surface area contributed by atoms with Gasteiger partial charge in [0, 0.05) is 12.1 Å². The van der Waals surface area contributed by atoms with Gasteiger partial charge in [-0.3, -0.25) is 0 Å². The lowest BCUT2D eigenvalue weighted by molar-refractivity contribution is 0.268. The van der Waals surface area contributed by atoms with E-state index in [2.05, 4.69) is 37.4 Å². The Bertz CT molecular complexity index is 385. The topological polar surface area (TPSA) is 21.3 Å². The molecule has 1 aliphatic carbocycles. The summed E-state index contributed by atoms with van der Waals surface area (Å²) in [6.07, 6.45) is 7.01. The van der Waals surface area contributed by atoms with Crippen LogP contribution in [0.5, 0.6) is 5.75 Å². The third kappa shape index (κ3) is 3.97. The Kier molecular flexibility index (Phi) is 5.26. The second-order valence-electron chi connectivity index (χ2n) is 5.85. The van der Waals surface area contributed by atoms with Gasteiger partial charge in [0.25, 0.3) is 0 Å². The van der Waals surface area contributed by atoms with E-state index in [-0.39, 0.29) is 0 Å². The van der Waals surface area contributed by atoms with Gasteiger partial charge < -0.3 is 10.1 Å². The van der Waals surface area contributed by atoms with Crippen molar-refractivity contribution in [3.63, 3.8) is 0 Å². The number of rotatable bonds is 5. The van der Waals surface area contributed by atoms with Crippen LogP contribution in [0.25, 0.3) is 0 Å². The Morgan fingerprint density at radius 3 is 2.58 bits per heavy atom. The Morgan fingerprint density at radius 1 is 1.16 bits per heavy atom. The van der Waals surface area contributed by atoms with Gasteiger partial charge in [-0.05, 0) is 50.3 Å². The van der Waals surface area contributed by atoms with Gasteiger partial charge >= 0.3 is 0 Å². The first kappa shape index (κ1) is 14.4. The number of hydrogen-bond acceptors (Lipinski definition) is 2. The van der Waals surface area contributed by atoms with Crippen molar-refractivity contribution < 1.29 is 4.74 Å². The molecule has 0 heterocycles. The predicted octanol–water partition coefficient (Wildman–Crippen LogP) is 4.31. The highest BCUT2D eigenvalue weighted by Crippen LogP contribution is 2.28. The molecule has 1 unspecified atom stereocenters. The lowest BCUT2D eigenvalue weighted by Gasteiger charge is -2.31. The van der Waals surface area contributed by atoms with Crippen LogP contribution >= 0.6 is 0 Å². The minimum absolute atomic E-state index is 0.382. The maximum absolute atomic E-state index is 5.30. The van der Waals surface area contributed by atoms with Crippen molar-refractivity contribution in [3.05, 3.63) is 29.8 Å². The maximum Gasteiger partial charge on any atom is 0.119 e. The largest absolute Gasteiger partial charge is 0.497 e. The molecule has 1 saturated carbocycles. The van der Waals surface area contributed by atoms with Crippen LogP contribution in [0, 0.1) is 5.92 Å². The van der Waals surface area contributed by atoms with Gasteiger partial charge in [-0.15, -0.1) is 0 Å². The van der Waals surface area contributed by atoms with Crippen LogP contribution in [0.1, 0.15) is 57.6 Å². The second-order valence-corrected chi connectivity index (χ2v) is 5.85. The number of methoxy groups -OCH3 is 1. The molecule has 0 amide bonds. The summed E-state index contributed by atoms with van der Waals surface area (Å²) in [5.41, 5.74) is 1.31. The molecule has 0 spiro atoms. The molecular formula is C17H27NO. The number of hydrogen-bond donors (Lipinski definition) is 1. The molecule has 106 valence electrons. The van der Waals surface area contributed by atoms with Crippen LogP contribution in [-0.2, 0) is 0 Å². The fraction of sp³-hybridized carbons (Fsp3) is 0.647. The van der Waals surface area contributed by atoms with Crippen molar-refractivity contribution in [1.82, 2.24) is 5.32 Å². The van der Waals surface area contributed by atoms with Gasteiger partial charge in [0.05, 0.1) is 7.11 Å². The van der Waals surface area contributed by atoms with Gasteiger partial charge in [-0.2, -0.15) is 0 Å². The van der Waals surface area contributed by atoms with E-state index in [1.165, 1.54) is 37.7 Å². The Morgan fingerprint density at radius 2 is 1.89 bits per heavy atom. The number of benzene rings is 1. The van der Waals surface area contributed by atoms with Gasteiger partial charge in [0.15, 0.2) is 0 Å². The van der Waals surface area contributed by atoms with Gasteiger partial charge in [0.1, 0.15) is 5.75 Å². The van der Waals surface area contributed by atoms with E-state index in [0.717, 1.165) is 11.7 Å². The van der Waals surface area contributed by atoms with Crippen LogP contribution in [0.4, 0.5) is 0 Å². The predicted molar refractivity (Wildman–Crippen MR) is 80.6 cm³/mol. The lowest BCUT2D eigenvalue weighted by atomic mass is 9.84. The van der Waals surface area contributed by atoms with E-state index in [0.29, 0.717) is 12.1 Å². The van der Waals surface area contributed by atoms with Crippen LogP contribution in [0.2, 0.25) is 0 Å². The first-order valence-electron chi connectivity index (χ1n) is 7.60. The van der Waals surface area contributed by atoms with Crippen LogP contribution < -0.4 is 10.1 Å². The summed E-state index contributed by atoms with van der Waals surface area (Å²) < 4.78 is 5.30. The van der Waals surface area contributed by atoms with Crippen LogP contribution in [-0.4, -0.2) is 13.2 Å². The van der Waals surface area contributed by atoms with Crippen LogP contribution in [0.15, 0.2) is 24.3 Å². The summed E-state index contributed by atoms with van der Waals surface area (Å²) in [6, 6.07) is 9.35. The third-order valence-electron chi connectivity index (χ3n) is 4.46. The Labute approximate surface area is 117 Å². The fourth-order valence-corrected chi connectivity index (χ4v) is 3.17. The highest BCUT2D eigenvalue weighted by atomic mass is 16.5. The Hall–Kier alpha value is -1.02. The molecule has 19 heavy (non-hydrogen) atoms. The zero-order valence-electron chi connectivity index (χ0n) is 12.5. The van der Waals surface area contributed by atoms with E-state index in [1.807, 2.05) is 6.07 Å². The minimum atomic E-state index is 0.382. The standard InChI is InChI=1S/C17H27NO/c1-13(15-8-5-4-6-9-15)18-14(2)16-10-7-11-17(12-16)19-3/h7,10-15,18H,4-6,8-9H2,1-3H3/t13?,14-/m1/s1. The molecule has 0 radical (unpaired) electrons. The van der Waals surface area contributed by atoms with E-state index >= 15 is 0 Å². The quantitative estimate of drug-likeness (QED) is 0.852. The van der Waals surface area contributed by atoms with Crippen LogP contribution in [0.3, 0.4) is 0 Å². The summed E-state index contributed by atoms with van der Waals surface area (Å²) in [7, 11) is 1.72. The average molecular weight is 261 g/mol. The second kappa shape index (κ2) is 6.95. The van der Waals surface area contributed by atoms with Crippen molar-refractivity contribution in [1.29, 1.82) is 0 Å². The highest BCUT2D eigenvalue weighted by molar-refractivity contribution is 5.30.